The molecule has 11 N–H and O–H groups in total. The molecule has 0 aromatic heterocycles. The third-order valence-corrected chi connectivity index (χ3v) is 4.64. The predicted octanol–water partition coefficient (Wildman–Crippen LogP) is -3.30. The number of nitrogens with two attached hydrogens (primary N) is 2. The van der Waals surface area contributed by atoms with Gasteiger partial charge in [0, 0.05) is 6.42 Å². The molecule has 194 valence electrons. The molecule has 0 rings (SSSR count). The Balaban J connectivity index is 5.58. The van der Waals surface area contributed by atoms with E-state index in [1.165, 1.54) is 0 Å². The number of rotatable bonds is 17. The van der Waals surface area contributed by atoms with Gasteiger partial charge in [0.25, 0.3) is 0 Å². The highest BCUT2D eigenvalue weighted by molar-refractivity contribution is 5.95. The van der Waals surface area contributed by atoms with Gasteiger partial charge in [-0.15, -0.1) is 0 Å². The van der Waals surface area contributed by atoms with Crippen LogP contribution in [0.15, 0.2) is 0 Å². The molecule has 15 nitrogen and oxygen atoms in total. The van der Waals surface area contributed by atoms with E-state index in [1.807, 2.05) is 0 Å². The van der Waals surface area contributed by atoms with Crippen molar-refractivity contribution in [1.29, 1.82) is 0 Å². The quantitative estimate of drug-likeness (QED) is 0.0905. The first-order valence-corrected chi connectivity index (χ1v) is 10.5. The van der Waals surface area contributed by atoms with Crippen LogP contribution in [0.4, 0.5) is 0 Å². The first kappa shape index (κ1) is 30.7. The zero-order valence-electron chi connectivity index (χ0n) is 18.7. The van der Waals surface area contributed by atoms with Gasteiger partial charge < -0.3 is 47.8 Å². The van der Waals surface area contributed by atoms with Crippen molar-refractivity contribution >= 4 is 35.6 Å². The number of amides is 3. The number of carboxylic acid groups (broad SMARTS) is 3. The molecule has 0 saturated heterocycles. The van der Waals surface area contributed by atoms with Crippen molar-refractivity contribution in [3.05, 3.63) is 0 Å². The van der Waals surface area contributed by atoms with Gasteiger partial charge in [0.05, 0.1) is 18.6 Å². The van der Waals surface area contributed by atoms with Crippen LogP contribution in [0.2, 0.25) is 0 Å². The summed E-state index contributed by atoms with van der Waals surface area (Å²) >= 11 is 0. The van der Waals surface area contributed by atoms with Crippen molar-refractivity contribution < 1.29 is 49.2 Å². The van der Waals surface area contributed by atoms with Gasteiger partial charge in [-0.3, -0.25) is 24.0 Å². The van der Waals surface area contributed by atoms with Gasteiger partial charge in [-0.25, -0.2) is 4.79 Å². The highest BCUT2D eigenvalue weighted by Crippen LogP contribution is 2.06. The molecule has 0 aliphatic carbocycles. The van der Waals surface area contributed by atoms with Crippen molar-refractivity contribution in [3.63, 3.8) is 0 Å². The lowest BCUT2D eigenvalue weighted by Gasteiger charge is -2.25. The Morgan fingerprint density at radius 3 is 1.79 bits per heavy atom. The summed E-state index contributed by atoms with van der Waals surface area (Å²) in [6, 6.07) is -5.93. The Morgan fingerprint density at radius 2 is 1.32 bits per heavy atom. The van der Waals surface area contributed by atoms with E-state index in [0.717, 1.165) is 6.92 Å². The Hall–Kier alpha value is -3.30. The molecule has 0 aliphatic heterocycles. The zero-order chi connectivity index (χ0) is 26.4. The van der Waals surface area contributed by atoms with Crippen LogP contribution in [0.25, 0.3) is 0 Å². The van der Waals surface area contributed by atoms with Gasteiger partial charge in [0.1, 0.15) is 12.1 Å². The highest BCUT2D eigenvalue weighted by Gasteiger charge is 2.32. The number of carbonyl (C=O) groups excluding carboxylic acids is 3. The second-order valence-corrected chi connectivity index (χ2v) is 7.61. The molecule has 0 radical (unpaired) electrons. The monoisotopic (exact) mass is 491 g/mol. The number of nitrogens with one attached hydrogen (secondary N) is 3. The number of aliphatic carboxylic acids is 3. The zero-order valence-corrected chi connectivity index (χ0v) is 18.7. The molecule has 0 bridgehead atoms. The maximum Gasteiger partial charge on any atom is 0.328 e. The summed E-state index contributed by atoms with van der Waals surface area (Å²) in [5.41, 5.74) is 10.9. The lowest BCUT2D eigenvalue weighted by molar-refractivity contribution is -0.145. The van der Waals surface area contributed by atoms with E-state index < -0.39 is 85.2 Å². The number of aliphatic hydroxyl groups is 1. The smallest absolute Gasteiger partial charge is 0.328 e. The van der Waals surface area contributed by atoms with Crippen LogP contribution in [0.3, 0.4) is 0 Å². The number of hydrogen-bond acceptors (Lipinski definition) is 9. The molecule has 34 heavy (non-hydrogen) atoms. The Bertz CT molecular complexity index is 745. The van der Waals surface area contributed by atoms with E-state index in [0.29, 0.717) is 12.8 Å². The molecule has 0 aliphatic rings. The average molecular weight is 491 g/mol. The molecule has 0 saturated carbocycles. The minimum atomic E-state index is -1.65. The second kappa shape index (κ2) is 15.5. The predicted molar refractivity (Wildman–Crippen MR) is 115 cm³/mol. The van der Waals surface area contributed by atoms with Crippen LogP contribution in [-0.4, -0.2) is 92.9 Å². The fourth-order valence-electron chi connectivity index (χ4n) is 2.77. The van der Waals surface area contributed by atoms with Gasteiger partial charge in [-0.05, 0) is 39.2 Å². The fraction of sp³-hybridized carbons (Fsp3) is 0.684. The lowest BCUT2D eigenvalue weighted by atomic mass is 10.0. The van der Waals surface area contributed by atoms with Gasteiger partial charge in [-0.1, -0.05) is 0 Å². The maximum absolute atomic E-state index is 12.8. The van der Waals surface area contributed by atoms with E-state index >= 15 is 0 Å². The summed E-state index contributed by atoms with van der Waals surface area (Å²) in [6.07, 6.45) is -2.26. The molecule has 5 atom stereocenters. The summed E-state index contributed by atoms with van der Waals surface area (Å²) in [7, 11) is 0. The van der Waals surface area contributed by atoms with Gasteiger partial charge in [0.2, 0.25) is 17.7 Å². The minimum absolute atomic E-state index is 0.0268. The molecule has 0 aromatic rings. The maximum atomic E-state index is 12.8. The number of unbranched alkanes of at least 4 members (excludes halogenated alkanes) is 1. The van der Waals surface area contributed by atoms with Gasteiger partial charge in [0.15, 0.2) is 6.04 Å². The molecule has 0 heterocycles. The third-order valence-electron chi connectivity index (χ3n) is 4.64. The van der Waals surface area contributed by atoms with E-state index in [4.69, 9.17) is 26.8 Å². The van der Waals surface area contributed by atoms with Crippen LogP contribution in [-0.2, 0) is 28.8 Å². The van der Waals surface area contributed by atoms with E-state index in [2.05, 4.69) is 16.0 Å². The largest absolute Gasteiger partial charge is 0.481 e. The normalized spacial score (nSPS) is 15.2. The van der Waals surface area contributed by atoms with Crippen molar-refractivity contribution in [3.8, 4) is 0 Å². The fourth-order valence-corrected chi connectivity index (χ4v) is 2.77. The SMILES string of the molecule is CC(O)C(NC(=O)C(CCCCN)NC(=O)C(CCC(=O)O)NC(=O)C(N)CC(=O)O)C(=O)O. The topological polar surface area (TPSA) is 271 Å². The number of hydrogen-bond donors (Lipinski definition) is 9. The molecule has 0 aromatic carbocycles. The molecule has 3 amide bonds. The molecule has 0 fully saturated rings. The molecule has 5 unspecified atom stereocenters. The Kier molecular flexibility index (Phi) is 14.0. The summed E-state index contributed by atoms with van der Waals surface area (Å²) in [5.74, 6) is -7.05. The van der Waals surface area contributed by atoms with Crippen LogP contribution in [0.5, 0.6) is 0 Å². The Labute approximate surface area is 195 Å². The lowest BCUT2D eigenvalue weighted by Crippen LogP contribution is -2.58. The van der Waals surface area contributed by atoms with Gasteiger partial charge >= 0.3 is 17.9 Å². The standard InChI is InChI=1S/C19H33N5O10/c1-9(25)15(19(33)34)24-18(32)11(4-2-3-7-20)23-17(31)12(5-6-13(26)27)22-16(30)10(21)8-14(28)29/h9-12,15,25H,2-8,20-21H2,1H3,(H,22,30)(H,23,31)(H,24,32)(H,26,27)(H,28,29)(H,33,34). The van der Waals surface area contributed by atoms with Crippen LogP contribution < -0.4 is 27.4 Å². The molecule has 15 heteroatoms. The summed E-state index contributed by atoms with van der Waals surface area (Å²) < 4.78 is 0. The van der Waals surface area contributed by atoms with E-state index in [-0.39, 0.29) is 13.0 Å². The highest BCUT2D eigenvalue weighted by atomic mass is 16.4. The van der Waals surface area contributed by atoms with E-state index in [1.54, 1.807) is 0 Å². The summed E-state index contributed by atoms with van der Waals surface area (Å²) in [4.78, 5) is 70.5. The van der Waals surface area contributed by atoms with Crippen molar-refractivity contribution in [2.45, 2.75) is 75.7 Å². The summed E-state index contributed by atoms with van der Waals surface area (Å²) in [6.45, 7) is 1.44. The van der Waals surface area contributed by atoms with Crippen LogP contribution in [0.1, 0.15) is 45.4 Å². The minimum Gasteiger partial charge on any atom is -0.481 e. The van der Waals surface area contributed by atoms with Crippen LogP contribution >= 0.6 is 0 Å². The number of carboxylic acids is 3. The van der Waals surface area contributed by atoms with Crippen molar-refractivity contribution in [2.24, 2.45) is 11.5 Å². The molecular weight excluding hydrogens is 458 g/mol. The Morgan fingerprint density at radius 1 is 0.794 bits per heavy atom. The molecule has 0 spiro atoms. The second-order valence-electron chi connectivity index (χ2n) is 7.61. The van der Waals surface area contributed by atoms with Crippen molar-refractivity contribution in [2.75, 3.05) is 6.54 Å². The van der Waals surface area contributed by atoms with Crippen LogP contribution in [0, 0.1) is 0 Å². The average Bonchev–Trinajstić information content (AvgIpc) is 2.72. The first-order valence-electron chi connectivity index (χ1n) is 10.5. The number of aliphatic hydroxyl groups excluding tert-OH is 1. The van der Waals surface area contributed by atoms with Crippen molar-refractivity contribution in [1.82, 2.24) is 16.0 Å². The number of carbonyl (C=O) groups is 6. The van der Waals surface area contributed by atoms with E-state index in [9.17, 15) is 33.9 Å². The molecular formula is C19H33N5O10. The summed E-state index contributed by atoms with van der Waals surface area (Å²) in [5, 5.41) is 43.0. The third kappa shape index (κ3) is 12.1. The first-order chi connectivity index (χ1) is 15.8. The van der Waals surface area contributed by atoms with Gasteiger partial charge in [-0.2, -0.15) is 0 Å².